The van der Waals surface area contributed by atoms with Gasteiger partial charge in [-0.05, 0) is 55.7 Å². The Hall–Kier alpha value is -3.88. The number of benzene rings is 2. The first-order valence-electron chi connectivity index (χ1n) is 10.3. The number of amides is 1. The van der Waals surface area contributed by atoms with E-state index in [1.807, 2.05) is 0 Å². The van der Waals surface area contributed by atoms with E-state index in [9.17, 15) is 14.0 Å². The number of rotatable bonds is 5. The quantitative estimate of drug-likeness (QED) is 0.617. The summed E-state index contributed by atoms with van der Waals surface area (Å²) in [5, 5.41) is 7.07. The van der Waals surface area contributed by atoms with Gasteiger partial charge in [-0.25, -0.2) is 13.9 Å². The molecule has 0 saturated heterocycles. The van der Waals surface area contributed by atoms with Crippen LogP contribution in [0.25, 0.3) is 5.69 Å². The molecular formula is C23H20FN3O5. The minimum absolute atomic E-state index is 0.189. The Morgan fingerprint density at radius 1 is 1.06 bits per heavy atom. The van der Waals surface area contributed by atoms with Gasteiger partial charge in [-0.1, -0.05) is 0 Å². The molecule has 9 heteroatoms. The highest BCUT2D eigenvalue weighted by Crippen LogP contribution is 2.32. The SMILES string of the molecule is O=C(COC(=O)c1nn(-c2ccc(F)cc2)c2c1CCC2)Nc1ccc2c(c1)OCCO2. The monoisotopic (exact) mass is 437 g/mol. The van der Waals surface area contributed by atoms with E-state index in [0.717, 1.165) is 24.1 Å². The lowest BCUT2D eigenvalue weighted by molar-refractivity contribution is -0.119. The number of nitrogens with one attached hydrogen (secondary N) is 1. The zero-order valence-electron chi connectivity index (χ0n) is 17.1. The molecule has 0 spiro atoms. The average Bonchev–Trinajstić information content (AvgIpc) is 3.41. The van der Waals surface area contributed by atoms with Gasteiger partial charge in [0, 0.05) is 23.0 Å². The van der Waals surface area contributed by atoms with Crippen molar-refractivity contribution in [3.8, 4) is 17.2 Å². The molecule has 1 aliphatic carbocycles. The van der Waals surface area contributed by atoms with Gasteiger partial charge >= 0.3 is 5.97 Å². The first-order valence-corrected chi connectivity index (χ1v) is 10.3. The van der Waals surface area contributed by atoms with E-state index < -0.39 is 18.5 Å². The minimum atomic E-state index is -0.665. The summed E-state index contributed by atoms with van der Waals surface area (Å²) in [5.74, 6) is -0.327. The molecule has 1 N–H and O–H groups in total. The molecule has 2 aliphatic rings. The Labute approximate surface area is 182 Å². The number of ether oxygens (including phenoxy) is 3. The molecule has 0 fully saturated rings. The predicted molar refractivity (Wildman–Crippen MR) is 112 cm³/mol. The summed E-state index contributed by atoms with van der Waals surface area (Å²) in [7, 11) is 0. The molecule has 1 aliphatic heterocycles. The number of hydrogen-bond donors (Lipinski definition) is 1. The number of carbonyl (C=O) groups is 2. The second kappa shape index (κ2) is 8.33. The molecule has 2 aromatic carbocycles. The summed E-state index contributed by atoms with van der Waals surface area (Å²) in [6, 6.07) is 11.0. The van der Waals surface area contributed by atoms with Gasteiger partial charge in [-0.2, -0.15) is 5.10 Å². The standard InChI is InChI=1S/C23H20FN3O5/c24-14-4-7-16(8-5-14)27-18-3-1-2-17(18)22(26-27)23(29)32-13-21(28)25-15-6-9-19-20(12-15)31-11-10-30-19/h4-9,12H,1-3,10-11,13H2,(H,25,28). The van der Waals surface area contributed by atoms with Gasteiger partial charge in [0.05, 0.1) is 5.69 Å². The fourth-order valence-electron chi connectivity index (χ4n) is 3.91. The van der Waals surface area contributed by atoms with E-state index >= 15 is 0 Å². The van der Waals surface area contributed by atoms with Crippen LogP contribution in [-0.2, 0) is 22.4 Å². The first kappa shape index (κ1) is 20.0. The largest absolute Gasteiger partial charge is 0.486 e. The van der Waals surface area contributed by atoms with Crippen molar-refractivity contribution in [2.45, 2.75) is 19.3 Å². The molecule has 2 heterocycles. The maximum Gasteiger partial charge on any atom is 0.359 e. The summed E-state index contributed by atoms with van der Waals surface area (Å²) in [5.41, 5.74) is 3.08. The fourth-order valence-corrected chi connectivity index (χ4v) is 3.91. The van der Waals surface area contributed by atoms with E-state index in [-0.39, 0.29) is 11.5 Å². The lowest BCUT2D eigenvalue weighted by Crippen LogP contribution is -2.22. The summed E-state index contributed by atoms with van der Waals surface area (Å²) in [4.78, 5) is 25.0. The third-order valence-corrected chi connectivity index (χ3v) is 5.36. The third kappa shape index (κ3) is 3.89. The van der Waals surface area contributed by atoms with Gasteiger partial charge in [0.1, 0.15) is 19.0 Å². The summed E-state index contributed by atoms with van der Waals surface area (Å²) in [6.45, 7) is 0.470. The Balaban J connectivity index is 1.26. The molecule has 5 rings (SSSR count). The number of nitrogens with zero attached hydrogens (tertiary/aromatic N) is 2. The highest BCUT2D eigenvalue weighted by molar-refractivity contribution is 5.95. The van der Waals surface area contributed by atoms with Crippen LogP contribution in [0.5, 0.6) is 11.5 Å². The number of carbonyl (C=O) groups excluding carboxylic acids is 2. The fraction of sp³-hybridized carbons (Fsp3) is 0.261. The summed E-state index contributed by atoms with van der Waals surface area (Å²) >= 11 is 0. The van der Waals surface area contributed by atoms with Crippen molar-refractivity contribution in [1.82, 2.24) is 9.78 Å². The lowest BCUT2D eigenvalue weighted by atomic mass is 10.2. The molecule has 0 bridgehead atoms. The first-order chi connectivity index (χ1) is 15.6. The average molecular weight is 437 g/mol. The van der Waals surface area contributed by atoms with Crippen LogP contribution in [0.3, 0.4) is 0 Å². The van der Waals surface area contributed by atoms with Crippen molar-refractivity contribution in [2.75, 3.05) is 25.1 Å². The van der Waals surface area contributed by atoms with Crippen molar-refractivity contribution in [3.63, 3.8) is 0 Å². The summed E-state index contributed by atoms with van der Waals surface area (Å²) < 4.78 is 31.1. The van der Waals surface area contributed by atoms with Crippen LogP contribution in [0.4, 0.5) is 10.1 Å². The zero-order chi connectivity index (χ0) is 22.1. The van der Waals surface area contributed by atoms with E-state index in [2.05, 4.69) is 10.4 Å². The van der Waals surface area contributed by atoms with Crippen molar-refractivity contribution >= 4 is 17.6 Å². The van der Waals surface area contributed by atoms with Crippen LogP contribution in [-0.4, -0.2) is 41.5 Å². The van der Waals surface area contributed by atoms with E-state index in [4.69, 9.17) is 14.2 Å². The molecule has 0 atom stereocenters. The van der Waals surface area contributed by atoms with Gasteiger partial charge in [0.15, 0.2) is 23.8 Å². The molecule has 164 valence electrons. The van der Waals surface area contributed by atoms with Crippen LogP contribution >= 0.6 is 0 Å². The molecule has 1 aromatic heterocycles. The molecule has 0 radical (unpaired) electrons. The molecule has 32 heavy (non-hydrogen) atoms. The number of fused-ring (bicyclic) bond motifs is 2. The van der Waals surface area contributed by atoms with Crippen molar-refractivity contribution in [1.29, 1.82) is 0 Å². The molecular weight excluding hydrogens is 417 g/mol. The van der Waals surface area contributed by atoms with Crippen LogP contribution < -0.4 is 14.8 Å². The smallest absolute Gasteiger partial charge is 0.359 e. The number of anilines is 1. The van der Waals surface area contributed by atoms with Crippen LogP contribution in [0.15, 0.2) is 42.5 Å². The molecule has 3 aromatic rings. The molecule has 0 saturated carbocycles. The van der Waals surface area contributed by atoms with Crippen molar-refractivity contribution < 1.29 is 28.2 Å². The van der Waals surface area contributed by atoms with Gasteiger partial charge < -0.3 is 19.5 Å². The minimum Gasteiger partial charge on any atom is -0.486 e. The highest BCUT2D eigenvalue weighted by atomic mass is 19.1. The van der Waals surface area contributed by atoms with E-state index in [0.29, 0.717) is 42.5 Å². The zero-order valence-corrected chi connectivity index (χ0v) is 17.1. The lowest BCUT2D eigenvalue weighted by Gasteiger charge is -2.19. The second-order valence-electron chi connectivity index (χ2n) is 7.50. The maximum absolute atomic E-state index is 13.3. The Morgan fingerprint density at radius 2 is 1.84 bits per heavy atom. The van der Waals surface area contributed by atoms with Gasteiger partial charge in [0.25, 0.3) is 5.91 Å². The van der Waals surface area contributed by atoms with Crippen molar-refractivity contribution in [2.24, 2.45) is 0 Å². The van der Waals surface area contributed by atoms with Crippen LogP contribution in [0.1, 0.15) is 28.2 Å². The third-order valence-electron chi connectivity index (χ3n) is 5.36. The Bertz CT molecular complexity index is 1190. The Kier molecular flexibility index (Phi) is 5.22. The number of aromatic nitrogens is 2. The van der Waals surface area contributed by atoms with Gasteiger partial charge in [-0.3, -0.25) is 4.79 Å². The van der Waals surface area contributed by atoms with E-state index in [1.165, 1.54) is 12.1 Å². The molecule has 8 nitrogen and oxygen atoms in total. The highest BCUT2D eigenvalue weighted by Gasteiger charge is 2.28. The molecule has 1 amide bonds. The normalized spacial score (nSPS) is 14.0. The second-order valence-corrected chi connectivity index (χ2v) is 7.50. The van der Waals surface area contributed by atoms with Crippen LogP contribution in [0.2, 0.25) is 0 Å². The van der Waals surface area contributed by atoms with Crippen molar-refractivity contribution in [3.05, 3.63) is 65.2 Å². The number of esters is 1. The van der Waals surface area contributed by atoms with Crippen LogP contribution in [0, 0.1) is 5.82 Å². The predicted octanol–water partition coefficient (Wildman–Crippen LogP) is 3.07. The maximum atomic E-state index is 13.3. The topological polar surface area (TPSA) is 91.7 Å². The number of halogens is 1. The number of hydrogen-bond acceptors (Lipinski definition) is 6. The molecule has 0 unspecified atom stereocenters. The van der Waals surface area contributed by atoms with Gasteiger partial charge in [-0.15, -0.1) is 0 Å². The Morgan fingerprint density at radius 3 is 2.66 bits per heavy atom. The van der Waals surface area contributed by atoms with E-state index in [1.54, 1.807) is 35.0 Å². The summed E-state index contributed by atoms with van der Waals surface area (Å²) in [6.07, 6.45) is 2.35. The van der Waals surface area contributed by atoms with Gasteiger partial charge in [0.2, 0.25) is 0 Å².